The SMILES string of the molecule is Cc1cccc([C@@H](C)c2ncc[nH]2)c1C.Cc1cccc([C@H](C)c2ncc[nH]2)c1C. The third-order valence-corrected chi connectivity index (χ3v) is 6.09. The summed E-state index contributed by atoms with van der Waals surface area (Å²) in [5.41, 5.74) is 8.11. The van der Waals surface area contributed by atoms with Crippen molar-refractivity contribution in [2.24, 2.45) is 0 Å². The van der Waals surface area contributed by atoms with E-state index in [0.717, 1.165) is 11.6 Å². The zero-order chi connectivity index (χ0) is 21.7. The van der Waals surface area contributed by atoms with Gasteiger partial charge in [-0.15, -0.1) is 0 Å². The molecule has 2 aromatic heterocycles. The molecule has 0 saturated carbocycles. The predicted molar refractivity (Wildman–Crippen MR) is 124 cm³/mol. The summed E-state index contributed by atoms with van der Waals surface area (Å²) in [5.74, 6) is 2.73. The normalized spacial score (nSPS) is 12.7. The van der Waals surface area contributed by atoms with Crippen molar-refractivity contribution in [2.75, 3.05) is 0 Å². The fraction of sp³-hybridized carbons (Fsp3) is 0.308. The maximum absolute atomic E-state index is 4.31. The molecule has 4 nitrogen and oxygen atoms in total. The number of benzene rings is 2. The quantitative estimate of drug-likeness (QED) is 0.419. The third-order valence-electron chi connectivity index (χ3n) is 6.09. The first-order valence-corrected chi connectivity index (χ1v) is 10.5. The molecule has 0 fully saturated rings. The van der Waals surface area contributed by atoms with Crippen LogP contribution in [0.15, 0.2) is 61.2 Å². The number of nitrogens with zero attached hydrogens (tertiary/aromatic N) is 2. The molecule has 0 aliphatic carbocycles. The Morgan fingerprint density at radius 1 is 0.633 bits per heavy atom. The molecule has 156 valence electrons. The lowest BCUT2D eigenvalue weighted by Gasteiger charge is -2.14. The van der Waals surface area contributed by atoms with Crippen LogP contribution in [-0.4, -0.2) is 19.9 Å². The van der Waals surface area contributed by atoms with E-state index in [9.17, 15) is 0 Å². The molecule has 0 radical (unpaired) electrons. The Kier molecular flexibility index (Phi) is 6.88. The van der Waals surface area contributed by atoms with E-state index in [1.165, 1.54) is 33.4 Å². The van der Waals surface area contributed by atoms with Gasteiger partial charge in [0.1, 0.15) is 11.6 Å². The maximum Gasteiger partial charge on any atom is 0.113 e. The number of nitrogens with one attached hydrogen (secondary N) is 2. The molecule has 2 aromatic carbocycles. The summed E-state index contributed by atoms with van der Waals surface area (Å²) < 4.78 is 0. The number of imidazole rings is 2. The van der Waals surface area contributed by atoms with Crippen LogP contribution in [0.4, 0.5) is 0 Å². The van der Waals surface area contributed by atoms with Crippen molar-refractivity contribution in [3.05, 3.63) is 106 Å². The van der Waals surface area contributed by atoms with Crippen LogP contribution in [0.25, 0.3) is 0 Å². The van der Waals surface area contributed by atoms with Crippen molar-refractivity contribution in [1.82, 2.24) is 19.9 Å². The standard InChI is InChI=1S/2C13H16N2/c2*1-9-5-4-6-12(10(9)2)11(3)13-14-7-8-15-13/h2*4-8,11H,1-3H3,(H,14,15)/t2*11-/m10/s1. The topological polar surface area (TPSA) is 57.4 Å². The molecule has 4 heteroatoms. The molecule has 0 aliphatic rings. The van der Waals surface area contributed by atoms with Gasteiger partial charge in [0.2, 0.25) is 0 Å². The Morgan fingerprint density at radius 2 is 1.03 bits per heavy atom. The van der Waals surface area contributed by atoms with Gasteiger partial charge >= 0.3 is 0 Å². The van der Waals surface area contributed by atoms with E-state index < -0.39 is 0 Å². The molecule has 4 aromatic rings. The van der Waals surface area contributed by atoms with Crippen molar-refractivity contribution < 1.29 is 0 Å². The summed E-state index contributed by atoms with van der Waals surface area (Å²) >= 11 is 0. The molecular weight excluding hydrogens is 368 g/mol. The molecule has 2 N–H and O–H groups in total. The first-order chi connectivity index (χ1) is 14.4. The maximum atomic E-state index is 4.31. The molecule has 0 aliphatic heterocycles. The van der Waals surface area contributed by atoms with Crippen LogP contribution in [0.2, 0.25) is 0 Å². The molecule has 0 amide bonds. The van der Waals surface area contributed by atoms with Gasteiger partial charge < -0.3 is 9.97 Å². The first kappa shape index (κ1) is 21.6. The van der Waals surface area contributed by atoms with Gasteiger partial charge in [0.15, 0.2) is 0 Å². The largest absolute Gasteiger partial charge is 0.348 e. The molecular formula is C26H32N4. The highest BCUT2D eigenvalue weighted by Crippen LogP contribution is 2.26. The number of hydrogen-bond acceptors (Lipinski definition) is 2. The summed E-state index contributed by atoms with van der Waals surface area (Å²) in [5, 5.41) is 0. The van der Waals surface area contributed by atoms with Crippen LogP contribution in [0.5, 0.6) is 0 Å². The Hall–Kier alpha value is -3.14. The third kappa shape index (κ3) is 4.70. The zero-order valence-corrected chi connectivity index (χ0v) is 18.8. The highest BCUT2D eigenvalue weighted by atomic mass is 14.9. The van der Waals surface area contributed by atoms with E-state index in [1.54, 1.807) is 12.4 Å². The lowest BCUT2D eigenvalue weighted by atomic mass is 9.93. The predicted octanol–water partition coefficient (Wildman–Crippen LogP) is 6.36. The smallest absolute Gasteiger partial charge is 0.113 e. The Morgan fingerprint density at radius 3 is 1.37 bits per heavy atom. The molecule has 30 heavy (non-hydrogen) atoms. The minimum absolute atomic E-state index is 0.333. The Labute approximate surface area is 179 Å². The fourth-order valence-corrected chi connectivity index (χ4v) is 3.81. The molecule has 2 heterocycles. The zero-order valence-electron chi connectivity index (χ0n) is 18.8. The second-order valence-corrected chi connectivity index (χ2v) is 7.97. The average Bonchev–Trinajstić information content (AvgIpc) is 3.46. The van der Waals surface area contributed by atoms with Gasteiger partial charge in [-0.05, 0) is 61.1 Å². The van der Waals surface area contributed by atoms with E-state index in [-0.39, 0.29) is 0 Å². The van der Waals surface area contributed by atoms with Gasteiger partial charge in [-0.2, -0.15) is 0 Å². The van der Waals surface area contributed by atoms with E-state index >= 15 is 0 Å². The van der Waals surface area contributed by atoms with Crippen molar-refractivity contribution >= 4 is 0 Å². The summed E-state index contributed by atoms with van der Waals surface area (Å²) in [6, 6.07) is 12.9. The first-order valence-electron chi connectivity index (χ1n) is 10.5. The van der Waals surface area contributed by atoms with Crippen LogP contribution in [-0.2, 0) is 0 Å². The van der Waals surface area contributed by atoms with Gasteiger partial charge in [0, 0.05) is 36.6 Å². The number of hydrogen-bond donors (Lipinski definition) is 2. The van der Waals surface area contributed by atoms with Gasteiger partial charge in [-0.1, -0.05) is 50.2 Å². The molecule has 0 bridgehead atoms. The van der Waals surface area contributed by atoms with Crippen LogP contribution < -0.4 is 0 Å². The summed E-state index contributed by atoms with van der Waals surface area (Å²) in [6.45, 7) is 13.0. The van der Waals surface area contributed by atoms with Crippen LogP contribution in [0.3, 0.4) is 0 Å². The van der Waals surface area contributed by atoms with E-state index in [1.807, 2.05) is 12.4 Å². The molecule has 0 unspecified atom stereocenters. The minimum atomic E-state index is 0.333. The molecule has 2 atom stereocenters. The highest BCUT2D eigenvalue weighted by molar-refractivity contribution is 5.38. The molecule has 0 saturated heterocycles. The average molecular weight is 401 g/mol. The van der Waals surface area contributed by atoms with Crippen molar-refractivity contribution in [3.63, 3.8) is 0 Å². The van der Waals surface area contributed by atoms with E-state index in [4.69, 9.17) is 0 Å². The molecule has 0 spiro atoms. The lowest BCUT2D eigenvalue weighted by molar-refractivity contribution is 0.830. The number of aromatic amines is 2. The van der Waals surface area contributed by atoms with Crippen molar-refractivity contribution in [3.8, 4) is 0 Å². The Bertz CT molecular complexity index is 975. The number of aryl methyl sites for hydroxylation is 2. The lowest BCUT2D eigenvalue weighted by Crippen LogP contribution is -2.01. The van der Waals surface area contributed by atoms with Crippen molar-refractivity contribution in [2.45, 2.75) is 53.4 Å². The number of H-pyrrole nitrogens is 2. The number of aromatic nitrogens is 4. The van der Waals surface area contributed by atoms with E-state index in [2.05, 4.69) is 97.9 Å². The van der Waals surface area contributed by atoms with Crippen molar-refractivity contribution in [1.29, 1.82) is 0 Å². The van der Waals surface area contributed by atoms with Crippen LogP contribution in [0.1, 0.15) is 70.7 Å². The number of rotatable bonds is 4. The van der Waals surface area contributed by atoms with Gasteiger partial charge in [-0.3, -0.25) is 0 Å². The second-order valence-electron chi connectivity index (χ2n) is 7.97. The van der Waals surface area contributed by atoms with Gasteiger partial charge in [0.05, 0.1) is 0 Å². The minimum Gasteiger partial charge on any atom is -0.348 e. The monoisotopic (exact) mass is 400 g/mol. The second kappa shape index (κ2) is 9.57. The summed E-state index contributed by atoms with van der Waals surface area (Å²) in [7, 11) is 0. The Balaban J connectivity index is 0.000000171. The summed E-state index contributed by atoms with van der Waals surface area (Å²) in [4.78, 5) is 15.0. The van der Waals surface area contributed by atoms with Crippen LogP contribution >= 0.6 is 0 Å². The molecule has 4 rings (SSSR count). The highest BCUT2D eigenvalue weighted by Gasteiger charge is 2.14. The van der Waals surface area contributed by atoms with E-state index in [0.29, 0.717) is 11.8 Å². The summed E-state index contributed by atoms with van der Waals surface area (Å²) in [6.07, 6.45) is 7.35. The van der Waals surface area contributed by atoms with Gasteiger partial charge in [0.25, 0.3) is 0 Å². The van der Waals surface area contributed by atoms with Crippen LogP contribution in [0, 0.1) is 27.7 Å². The van der Waals surface area contributed by atoms with Gasteiger partial charge in [-0.25, -0.2) is 9.97 Å². The fourth-order valence-electron chi connectivity index (χ4n) is 3.81.